The Bertz CT molecular complexity index is 1630. The maximum Gasteiger partial charge on any atom is 0.328 e. The molecule has 1 spiro atoms. The van der Waals surface area contributed by atoms with Crippen molar-refractivity contribution in [3.63, 3.8) is 0 Å². The molecule has 4 fully saturated rings. The number of halogens is 1. The molecular formula is C40H54FN5O8. The molecule has 2 saturated carbocycles. The lowest BCUT2D eigenvalue weighted by Gasteiger charge is -2.40. The number of ether oxygens (including phenoxy) is 1. The van der Waals surface area contributed by atoms with Gasteiger partial charge in [0.25, 0.3) is 0 Å². The van der Waals surface area contributed by atoms with E-state index in [0.717, 1.165) is 12.8 Å². The molecule has 4 aliphatic rings. The van der Waals surface area contributed by atoms with Gasteiger partial charge in [-0.1, -0.05) is 57.2 Å². The average molecular weight is 752 g/mol. The van der Waals surface area contributed by atoms with Crippen LogP contribution in [0.15, 0.2) is 36.4 Å². The number of unbranched alkanes of at least 4 members (excludes halogenated alkanes) is 2. The fraction of sp³-hybridized carbons (Fsp3) is 0.625. The number of allylic oxidation sites excluding steroid dienone is 1. The minimum absolute atomic E-state index is 0.102. The monoisotopic (exact) mass is 751 g/mol. The van der Waals surface area contributed by atoms with Crippen molar-refractivity contribution in [2.24, 2.45) is 11.8 Å². The Hall–Kier alpha value is -4.62. The van der Waals surface area contributed by atoms with Crippen LogP contribution in [0.4, 0.5) is 4.39 Å². The molecule has 294 valence electrons. The van der Waals surface area contributed by atoms with E-state index in [1.54, 1.807) is 26.1 Å². The fourth-order valence-electron chi connectivity index (χ4n) is 8.48. The maximum atomic E-state index is 14.5. The van der Waals surface area contributed by atoms with Gasteiger partial charge in [0.2, 0.25) is 29.5 Å². The lowest BCUT2D eigenvalue weighted by atomic mass is 9.85. The molecule has 0 aromatic heterocycles. The van der Waals surface area contributed by atoms with Crippen LogP contribution in [0, 0.1) is 17.7 Å². The van der Waals surface area contributed by atoms with E-state index < -0.39 is 89.3 Å². The van der Waals surface area contributed by atoms with Crippen LogP contribution in [0.5, 0.6) is 0 Å². The Labute approximate surface area is 316 Å². The van der Waals surface area contributed by atoms with Gasteiger partial charge in [0.05, 0.1) is 0 Å². The number of ketones is 1. The molecule has 0 bridgehead atoms. The summed E-state index contributed by atoms with van der Waals surface area (Å²) in [6.45, 7) is 3.28. The molecular weight excluding hydrogens is 697 g/mol. The number of nitrogens with one attached hydrogen (secondary N) is 3. The summed E-state index contributed by atoms with van der Waals surface area (Å²) in [6, 6.07) is 1.04. The quantitative estimate of drug-likeness (QED) is 0.197. The predicted molar refractivity (Wildman–Crippen MR) is 196 cm³/mol. The van der Waals surface area contributed by atoms with E-state index in [1.165, 1.54) is 34.1 Å². The van der Waals surface area contributed by atoms with Crippen molar-refractivity contribution in [3.8, 4) is 0 Å². The van der Waals surface area contributed by atoms with Crippen LogP contribution in [0.1, 0.15) is 96.5 Å². The van der Waals surface area contributed by atoms with E-state index in [9.17, 15) is 38.0 Å². The van der Waals surface area contributed by atoms with Gasteiger partial charge in [-0.15, -0.1) is 0 Å². The van der Waals surface area contributed by atoms with Gasteiger partial charge in [-0.25, -0.2) is 9.18 Å². The van der Waals surface area contributed by atoms with E-state index in [-0.39, 0.29) is 18.9 Å². The summed E-state index contributed by atoms with van der Waals surface area (Å²) >= 11 is 0. The number of esters is 1. The third-order valence-corrected chi connectivity index (χ3v) is 11.6. The molecule has 1 aromatic rings. The van der Waals surface area contributed by atoms with Crippen LogP contribution < -0.4 is 16.0 Å². The van der Waals surface area contributed by atoms with E-state index >= 15 is 0 Å². The lowest BCUT2D eigenvalue weighted by Crippen LogP contribution is -2.62. The number of Topliss-reactive ketones (excluding diaryl/α,β-unsaturated/α-hetero) is 1. The molecule has 3 N–H and O–H groups in total. The summed E-state index contributed by atoms with van der Waals surface area (Å²) in [7, 11) is 1.58. The summed E-state index contributed by atoms with van der Waals surface area (Å²) in [6.07, 6.45) is 9.72. The van der Waals surface area contributed by atoms with Gasteiger partial charge in [-0.2, -0.15) is 0 Å². The van der Waals surface area contributed by atoms with Gasteiger partial charge >= 0.3 is 5.97 Å². The zero-order chi connectivity index (χ0) is 39.0. The standard InChI is InChI=1S/C40H54FN5O8/c1-4-5-6-7-18-33(47)43-30(23-26-13-10-14-27(41)22-26)35(49)44-31-24-54-38(52)32-17-12-21-46(32)36(50)25(2)42-39(53)40(19-8-9-20-40)45(3)37(51)29-16-11-15-28(29)34(31)48/h7,10,13-14,18,22,25,28-32H,4-6,8-9,11-12,15-17,19-21,23-24H2,1-3H3,(H,42,53)(H,43,47)(H,44,49)/b18-7+/t25-,28?,29+,30-,31-,32-/m0/s1. The summed E-state index contributed by atoms with van der Waals surface area (Å²) in [5.74, 6) is -6.03. The number of nitrogens with zero attached hydrogens (tertiary/aromatic N) is 2. The molecule has 1 aromatic carbocycles. The maximum absolute atomic E-state index is 14.5. The molecule has 0 radical (unpaired) electrons. The van der Waals surface area contributed by atoms with Crippen molar-refractivity contribution in [1.82, 2.24) is 25.8 Å². The number of amides is 5. The molecule has 2 aliphatic carbocycles. The van der Waals surface area contributed by atoms with Gasteiger partial charge < -0.3 is 30.5 Å². The van der Waals surface area contributed by atoms with Crippen molar-refractivity contribution >= 4 is 41.3 Å². The number of benzene rings is 1. The van der Waals surface area contributed by atoms with Gasteiger partial charge in [0, 0.05) is 31.8 Å². The number of cyclic esters (lactones) is 1. The molecule has 2 saturated heterocycles. The van der Waals surface area contributed by atoms with Crippen LogP contribution in [0.2, 0.25) is 0 Å². The second-order valence-corrected chi connectivity index (χ2v) is 15.2. The van der Waals surface area contributed by atoms with Crippen LogP contribution in [-0.2, 0) is 44.7 Å². The third kappa shape index (κ3) is 9.18. The minimum Gasteiger partial charge on any atom is -0.461 e. The first-order valence-corrected chi connectivity index (χ1v) is 19.5. The summed E-state index contributed by atoms with van der Waals surface area (Å²) < 4.78 is 19.9. The van der Waals surface area contributed by atoms with Gasteiger partial charge in [0.15, 0.2) is 5.78 Å². The lowest BCUT2D eigenvalue weighted by molar-refractivity contribution is -0.157. The van der Waals surface area contributed by atoms with E-state index in [0.29, 0.717) is 69.8 Å². The van der Waals surface area contributed by atoms with Crippen molar-refractivity contribution < 1.29 is 42.7 Å². The summed E-state index contributed by atoms with van der Waals surface area (Å²) in [4.78, 5) is 99.8. The van der Waals surface area contributed by atoms with Gasteiger partial charge in [-0.05, 0) is 75.6 Å². The van der Waals surface area contributed by atoms with E-state index in [2.05, 4.69) is 16.0 Å². The SMILES string of the molecule is CCCC/C=C/C(=O)N[C@@H](Cc1cccc(F)c1)C(=O)N[C@H]1COC(=O)[C@@H]2CCCN2C(=O)[C@H](C)NC(=O)C2(CCCC2)N(C)C(=O)[C@@H]2CCCC2C1=O. The number of hydrogen-bond donors (Lipinski definition) is 3. The second kappa shape index (κ2) is 18.1. The van der Waals surface area contributed by atoms with E-state index in [4.69, 9.17) is 4.74 Å². The van der Waals surface area contributed by atoms with Crippen LogP contribution in [0.3, 0.4) is 0 Å². The Kier molecular flexibility index (Phi) is 13.6. The number of hydrogen-bond acceptors (Lipinski definition) is 8. The molecule has 1 unspecified atom stereocenters. The molecule has 2 heterocycles. The molecule has 54 heavy (non-hydrogen) atoms. The highest BCUT2D eigenvalue weighted by Crippen LogP contribution is 2.40. The summed E-state index contributed by atoms with van der Waals surface area (Å²) in [5, 5.41) is 8.23. The molecule has 13 nitrogen and oxygen atoms in total. The number of fused-ring (bicyclic) bond motifs is 2. The van der Waals surface area contributed by atoms with Crippen LogP contribution >= 0.6 is 0 Å². The average Bonchev–Trinajstić information content (AvgIpc) is 3.95. The number of likely N-dealkylation sites (N-methyl/N-ethyl adjacent to an activating group) is 1. The number of rotatable bonds is 9. The Morgan fingerprint density at radius 1 is 1.04 bits per heavy atom. The Morgan fingerprint density at radius 2 is 1.78 bits per heavy atom. The molecule has 5 amide bonds. The first kappa shape index (κ1) is 40.6. The van der Waals surface area contributed by atoms with Crippen molar-refractivity contribution in [3.05, 3.63) is 47.8 Å². The zero-order valence-corrected chi connectivity index (χ0v) is 31.6. The number of carbonyl (C=O) groups is 7. The molecule has 2 aliphatic heterocycles. The topological polar surface area (TPSA) is 171 Å². The fourth-order valence-corrected chi connectivity index (χ4v) is 8.48. The normalized spacial score (nSPS) is 27.1. The Balaban J connectivity index is 1.46. The highest BCUT2D eigenvalue weighted by Gasteiger charge is 2.51. The molecule has 6 atom stereocenters. The summed E-state index contributed by atoms with van der Waals surface area (Å²) in [5.41, 5.74) is -0.779. The number of carbonyl (C=O) groups excluding carboxylic acids is 7. The highest BCUT2D eigenvalue weighted by molar-refractivity contribution is 6.00. The first-order chi connectivity index (χ1) is 25.9. The minimum atomic E-state index is -1.40. The van der Waals surface area contributed by atoms with Crippen LogP contribution in [-0.4, -0.2) is 101 Å². The van der Waals surface area contributed by atoms with Gasteiger partial charge in [-0.3, -0.25) is 28.8 Å². The van der Waals surface area contributed by atoms with Crippen molar-refractivity contribution in [2.75, 3.05) is 20.2 Å². The smallest absolute Gasteiger partial charge is 0.328 e. The predicted octanol–water partition coefficient (Wildman–Crippen LogP) is 2.89. The molecule has 14 heteroatoms. The Morgan fingerprint density at radius 3 is 2.50 bits per heavy atom. The van der Waals surface area contributed by atoms with E-state index in [1.807, 2.05) is 6.92 Å². The second-order valence-electron chi connectivity index (χ2n) is 15.2. The molecule has 5 rings (SSSR count). The largest absolute Gasteiger partial charge is 0.461 e. The van der Waals surface area contributed by atoms with Gasteiger partial charge in [0.1, 0.15) is 42.1 Å². The van der Waals surface area contributed by atoms with Crippen molar-refractivity contribution in [1.29, 1.82) is 0 Å². The third-order valence-electron chi connectivity index (χ3n) is 11.6. The first-order valence-electron chi connectivity index (χ1n) is 19.5. The van der Waals surface area contributed by atoms with Crippen molar-refractivity contribution in [2.45, 2.75) is 127 Å². The van der Waals surface area contributed by atoms with Crippen LogP contribution in [0.25, 0.3) is 0 Å². The zero-order valence-electron chi connectivity index (χ0n) is 31.6. The highest BCUT2D eigenvalue weighted by atomic mass is 19.1.